The minimum atomic E-state index is 0.701. The first-order valence-electron chi connectivity index (χ1n) is 6.02. The van der Waals surface area contributed by atoms with Crippen molar-refractivity contribution in [1.82, 2.24) is 4.90 Å². The van der Waals surface area contributed by atoms with E-state index in [1.54, 1.807) is 6.07 Å². The van der Waals surface area contributed by atoms with E-state index in [9.17, 15) is 0 Å². The number of nitrogens with zero attached hydrogens (tertiary/aromatic N) is 1. The first-order chi connectivity index (χ1) is 9.06. The Kier molecular flexibility index (Phi) is 4.70. The van der Waals surface area contributed by atoms with Crippen LogP contribution in [-0.4, -0.2) is 11.9 Å². The Labute approximate surface area is 123 Å². The van der Waals surface area contributed by atoms with Crippen LogP contribution < -0.4 is 5.73 Å². The lowest BCUT2D eigenvalue weighted by Crippen LogP contribution is -2.18. The smallest absolute Gasteiger partial charge is 0.0452 e. The molecule has 0 bridgehead atoms. The zero-order valence-corrected chi connectivity index (χ0v) is 12.2. The molecule has 2 rings (SSSR count). The number of rotatable bonds is 4. The molecule has 0 aliphatic heterocycles. The molecule has 4 heteroatoms. The molecular weight excluding hydrogens is 279 g/mol. The van der Waals surface area contributed by atoms with Gasteiger partial charge in [-0.25, -0.2) is 0 Å². The molecule has 0 aliphatic rings. The van der Waals surface area contributed by atoms with Crippen LogP contribution in [0.4, 0.5) is 5.69 Å². The van der Waals surface area contributed by atoms with Crippen molar-refractivity contribution < 1.29 is 0 Å². The summed E-state index contributed by atoms with van der Waals surface area (Å²) >= 11 is 12.2. The van der Waals surface area contributed by atoms with Crippen LogP contribution in [0.25, 0.3) is 0 Å². The van der Waals surface area contributed by atoms with Gasteiger partial charge in [-0.15, -0.1) is 0 Å². The van der Waals surface area contributed by atoms with Crippen molar-refractivity contribution in [2.24, 2.45) is 0 Å². The number of anilines is 1. The number of hydrogen-bond acceptors (Lipinski definition) is 2. The summed E-state index contributed by atoms with van der Waals surface area (Å²) in [6.45, 7) is 1.50. The Hall–Kier alpha value is -1.22. The number of nitrogen functional groups attached to an aromatic ring is 1. The molecule has 19 heavy (non-hydrogen) atoms. The van der Waals surface area contributed by atoms with Crippen LogP contribution in [-0.2, 0) is 13.1 Å². The van der Waals surface area contributed by atoms with Gasteiger partial charge in [0.15, 0.2) is 0 Å². The van der Waals surface area contributed by atoms with Crippen molar-refractivity contribution in [2.75, 3.05) is 12.8 Å². The monoisotopic (exact) mass is 294 g/mol. The Morgan fingerprint density at radius 1 is 1.00 bits per heavy atom. The lowest BCUT2D eigenvalue weighted by Gasteiger charge is -2.18. The third-order valence-corrected chi connectivity index (χ3v) is 3.55. The van der Waals surface area contributed by atoms with Gasteiger partial charge in [-0.05, 0) is 42.4 Å². The molecule has 0 saturated heterocycles. The van der Waals surface area contributed by atoms with E-state index < -0.39 is 0 Å². The minimum Gasteiger partial charge on any atom is -0.398 e. The van der Waals surface area contributed by atoms with Crippen LogP contribution in [0.15, 0.2) is 42.5 Å². The van der Waals surface area contributed by atoms with Crippen molar-refractivity contribution >= 4 is 28.9 Å². The molecule has 0 unspecified atom stereocenters. The molecule has 0 atom stereocenters. The number of hydrogen-bond donors (Lipinski definition) is 1. The predicted octanol–water partition coefficient (Wildman–Crippen LogP) is 4.21. The molecule has 2 aromatic carbocycles. The highest BCUT2D eigenvalue weighted by atomic mass is 35.5. The Morgan fingerprint density at radius 3 is 2.42 bits per heavy atom. The molecule has 2 aromatic rings. The minimum absolute atomic E-state index is 0.701. The molecule has 0 spiro atoms. The van der Waals surface area contributed by atoms with Gasteiger partial charge in [0.25, 0.3) is 0 Å². The average molecular weight is 295 g/mol. The zero-order chi connectivity index (χ0) is 13.8. The summed E-state index contributed by atoms with van der Waals surface area (Å²) in [5.74, 6) is 0. The van der Waals surface area contributed by atoms with Gasteiger partial charge in [-0.3, -0.25) is 4.90 Å². The summed E-state index contributed by atoms with van der Waals surface area (Å²) in [6.07, 6.45) is 0. The van der Waals surface area contributed by atoms with Crippen LogP contribution in [0.5, 0.6) is 0 Å². The molecule has 0 amide bonds. The van der Waals surface area contributed by atoms with Crippen molar-refractivity contribution in [1.29, 1.82) is 0 Å². The average Bonchev–Trinajstić information content (AvgIpc) is 2.37. The first-order valence-corrected chi connectivity index (χ1v) is 6.77. The molecule has 100 valence electrons. The summed E-state index contributed by atoms with van der Waals surface area (Å²) < 4.78 is 0. The number of para-hydroxylation sites is 1. The Balaban J connectivity index is 2.07. The van der Waals surface area contributed by atoms with Gasteiger partial charge in [0.2, 0.25) is 0 Å². The topological polar surface area (TPSA) is 29.3 Å². The van der Waals surface area contributed by atoms with E-state index in [0.29, 0.717) is 5.02 Å². The van der Waals surface area contributed by atoms with Crippen LogP contribution >= 0.6 is 23.2 Å². The second kappa shape index (κ2) is 6.29. The van der Waals surface area contributed by atoms with Gasteiger partial charge in [-0.1, -0.05) is 41.4 Å². The summed E-state index contributed by atoms with van der Waals surface area (Å²) in [5.41, 5.74) is 8.89. The third kappa shape index (κ3) is 3.87. The van der Waals surface area contributed by atoms with E-state index in [1.165, 1.54) is 0 Å². The summed E-state index contributed by atoms with van der Waals surface area (Å²) in [6, 6.07) is 13.4. The van der Waals surface area contributed by atoms with E-state index in [2.05, 4.69) is 4.90 Å². The number of benzene rings is 2. The van der Waals surface area contributed by atoms with Crippen LogP contribution in [0.1, 0.15) is 11.1 Å². The number of nitrogens with two attached hydrogens (primary N) is 1. The molecule has 0 fully saturated rings. The molecular formula is C15H16Cl2N2. The normalized spacial score (nSPS) is 10.9. The molecule has 0 heterocycles. The maximum absolute atomic E-state index is 6.16. The van der Waals surface area contributed by atoms with Crippen molar-refractivity contribution in [2.45, 2.75) is 13.1 Å². The fraction of sp³-hybridized carbons (Fsp3) is 0.200. The van der Waals surface area contributed by atoms with Crippen molar-refractivity contribution in [3.8, 4) is 0 Å². The SMILES string of the molecule is CN(Cc1ccccc1N)Cc1cc(Cl)ccc1Cl. The summed E-state index contributed by atoms with van der Waals surface area (Å²) in [5, 5.41) is 1.43. The van der Waals surface area contributed by atoms with Gasteiger partial charge >= 0.3 is 0 Å². The van der Waals surface area contributed by atoms with Gasteiger partial charge < -0.3 is 5.73 Å². The quantitative estimate of drug-likeness (QED) is 0.856. The van der Waals surface area contributed by atoms with Crippen LogP contribution in [0.3, 0.4) is 0 Å². The summed E-state index contributed by atoms with van der Waals surface area (Å²) in [7, 11) is 2.03. The maximum atomic E-state index is 6.16. The molecule has 0 radical (unpaired) electrons. The van der Waals surface area contributed by atoms with Crippen molar-refractivity contribution in [3.63, 3.8) is 0 Å². The maximum Gasteiger partial charge on any atom is 0.0452 e. The van der Waals surface area contributed by atoms with Gasteiger partial charge in [0.1, 0.15) is 0 Å². The largest absolute Gasteiger partial charge is 0.398 e. The second-order valence-corrected chi connectivity index (χ2v) is 5.45. The second-order valence-electron chi connectivity index (χ2n) is 4.61. The fourth-order valence-corrected chi connectivity index (χ4v) is 2.35. The molecule has 0 saturated carbocycles. The first kappa shape index (κ1) is 14.2. The molecule has 0 aliphatic carbocycles. The lowest BCUT2D eigenvalue weighted by molar-refractivity contribution is 0.319. The van der Waals surface area contributed by atoms with E-state index in [0.717, 1.165) is 34.9 Å². The van der Waals surface area contributed by atoms with E-state index in [-0.39, 0.29) is 0 Å². The molecule has 2 nitrogen and oxygen atoms in total. The standard InChI is InChI=1S/C15H16Cl2N2/c1-19(9-11-4-2-3-5-15(11)18)10-12-8-13(16)6-7-14(12)17/h2-8H,9-10,18H2,1H3. The van der Waals surface area contributed by atoms with Gasteiger partial charge in [0.05, 0.1) is 0 Å². The Bertz CT molecular complexity index is 570. The van der Waals surface area contributed by atoms with E-state index >= 15 is 0 Å². The summed E-state index contributed by atoms with van der Waals surface area (Å²) in [4.78, 5) is 2.16. The van der Waals surface area contributed by atoms with Gasteiger partial charge in [0, 0.05) is 28.8 Å². The van der Waals surface area contributed by atoms with Crippen LogP contribution in [0.2, 0.25) is 10.0 Å². The van der Waals surface area contributed by atoms with E-state index in [1.807, 2.05) is 43.4 Å². The zero-order valence-electron chi connectivity index (χ0n) is 10.7. The number of halogens is 2. The lowest BCUT2D eigenvalue weighted by atomic mass is 10.1. The van der Waals surface area contributed by atoms with Gasteiger partial charge in [-0.2, -0.15) is 0 Å². The molecule has 2 N–H and O–H groups in total. The third-order valence-electron chi connectivity index (χ3n) is 2.94. The van der Waals surface area contributed by atoms with Crippen molar-refractivity contribution in [3.05, 3.63) is 63.6 Å². The van der Waals surface area contributed by atoms with E-state index in [4.69, 9.17) is 28.9 Å². The predicted molar refractivity (Wildman–Crippen MR) is 82.5 cm³/mol. The molecule has 0 aromatic heterocycles. The highest BCUT2D eigenvalue weighted by Crippen LogP contribution is 2.22. The highest BCUT2D eigenvalue weighted by molar-refractivity contribution is 6.33. The fourth-order valence-electron chi connectivity index (χ4n) is 1.98. The van der Waals surface area contributed by atoms with Crippen LogP contribution in [0, 0.1) is 0 Å². The Morgan fingerprint density at radius 2 is 1.68 bits per heavy atom. The highest BCUT2D eigenvalue weighted by Gasteiger charge is 2.07.